The summed E-state index contributed by atoms with van der Waals surface area (Å²) < 4.78 is 11.4. The molecular formula is C17H30O2. The zero-order valence-electron chi connectivity index (χ0n) is 12.5. The average molecular weight is 266 g/mol. The number of rotatable bonds is 4. The quantitative estimate of drug-likeness (QED) is 0.543. The molecule has 1 saturated carbocycles. The minimum Gasteiger partial charge on any atom is -0.350 e. The third kappa shape index (κ3) is 9.08. The van der Waals surface area contributed by atoms with Crippen molar-refractivity contribution in [3.63, 3.8) is 0 Å². The normalized spacial score (nSPS) is 21.9. The Morgan fingerprint density at radius 1 is 0.947 bits per heavy atom. The van der Waals surface area contributed by atoms with Crippen molar-refractivity contribution in [3.8, 4) is 12.3 Å². The lowest BCUT2D eigenvalue weighted by Gasteiger charge is -2.22. The molecule has 19 heavy (non-hydrogen) atoms. The molecule has 0 heterocycles. The Labute approximate surface area is 119 Å². The Morgan fingerprint density at radius 2 is 1.42 bits per heavy atom. The van der Waals surface area contributed by atoms with Gasteiger partial charge in [-0.05, 0) is 19.8 Å². The molecule has 2 nitrogen and oxygen atoms in total. The van der Waals surface area contributed by atoms with Crippen LogP contribution in [-0.4, -0.2) is 19.0 Å². The van der Waals surface area contributed by atoms with E-state index in [0.717, 1.165) is 0 Å². The van der Waals surface area contributed by atoms with Crippen LogP contribution in [0.15, 0.2) is 0 Å². The van der Waals surface area contributed by atoms with Crippen LogP contribution in [0.4, 0.5) is 0 Å². The topological polar surface area (TPSA) is 18.5 Å². The van der Waals surface area contributed by atoms with Gasteiger partial charge in [0, 0.05) is 0 Å². The molecule has 0 aliphatic heterocycles. The van der Waals surface area contributed by atoms with Gasteiger partial charge in [0.15, 0.2) is 6.29 Å². The summed E-state index contributed by atoms with van der Waals surface area (Å²) in [5.74, 6) is 2.49. The molecule has 0 N–H and O–H groups in total. The van der Waals surface area contributed by atoms with Crippen LogP contribution in [0.1, 0.15) is 77.6 Å². The summed E-state index contributed by atoms with van der Waals surface area (Å²) in [6.07, 6.45) is 20.0. The second-order valence-electron chi connectivity index (χ2n) is 5.60. The van der Waals surface area contributed by atoms with Gasteiger partial charge in [-0.25, -0.2) is 0 Å². The molecule has 1 rings (SSSR count). The van der Waals surface area contributed by atoms with Crippen LogP contribution >= 0.6 is 0 Å². The lowest BCUT2D eigenvalue weighted by molar-refractivity contribution is -0.156. The third-order valence-corrected chi connectivity index (χ3v) is 3.84. The van der Waals surface area contributed by atoms with E-state index in [9.17, 15) is 0 Å². The predicted octanol–water partition coefficient (Wildman–Crippen LogP) is 4.67. The summed E-state index contributed by atoms with van der Waals surface area (Å²) >= 11 is 0. The molecule has 1 fully saturated rings. The lowest BCUT2D eigenvalue weighted by atomic mass is 9.99. The summed E-state index contributed by atoms with van der Waals surface area (Å²) in [6, 6.07) is 0. The SMILES string of the molecule is C#CCOC(C)OC1CCCCCCCCCCC1. The summed E-state index contributed by atoms with van der Waals surface area (Å²) in [5, 5.41) is 0. The van der Waals surface area contributed by atoms with Gasteiger partial charge in [0.2, 0.25) is 0 Å². The molecule has 1 aliphatic carbocycles. The highest BCUT2D eigenvalue weighted by molar-refractivity contribution is 4.82. The van der Waals surface area contributed by atoms with Crippen LogP contribution in [0.25, 0.3) is 0 Å². The van der Waals surface area contributed by atoms with Crippen LogP contribution in [0.3, 0.4) is 0 Å². The van der Waals surface area contributed by atoms with Crippen LogP contribution in [0.5, 0.6) is 0 Å². The number of hydrogen-bond donors (Lipinski definition) is 0. The van der Waals surface area contributed by atoms with Crippen molar-refractivity contribution in [2.75, 3.05) is 6.61 Å². The average Bonchev–Trinajstić information content (AvgIpc) is 2.39. The molecule has 0 aromatic rings. The minimum absolute atomic E-state index is 0.172. The van der Waals surface area contributed by atoms with Gasteiger partial charge in [-0.1, -0.05) is 63.7 Å². The van der Waals surface area contributed by atoms with Crippen LogP contribution < -0.4 is 0 Å². The van der Waals surface area contributed by atoms with Crippen LogP contribution in [-0.2, 0) is 9.47 Å². The number of hydrogen-bond acceptors (Lipinski definition) is 2. The molecule has 2 heteroatoms. The van der Waals surface area contributed by atoms with E-state index in [1.165, 1.54) is 70.6 Å². The van der Waals surface area contributed by atoms with Gasteiger partial charge in [0.05, 0.1) is 6.10 Å². The fourth-order valence-corrected chi connectivity index (χ4v) is 2.74. The Balaban J connectivity index is 2.27. The molecule has 0 amide bonds. The summed E-state index contributed by atoms with van der Waals surface area (Å²) in [7, 11) is 0. The Bertz CT molecular complexity index is 232. The fourth-order valence-electron chi connectivity index (χ4n) is 2.74. The summed E-state index contributed by atoms with van der Waals surface area (Å²) in [5.41, 5.74) is 0. The van der Waals surface area contributed by atoms with Crippen molar-refractivity contribution in [1.29, 1.82) is 0 Å². The van der Waals surface area contributed by atoms with Crippen molar-refractivity contribution in [1.82, 2.24) is 0 Å². The maximum Gasteiger partial charge on any atom is 0.156 e. The number of ether oxygens (including phenoxy) is 2. The molecule has 0 aromatic carbocycles. The second kappa shape index (κ2) is 11.3. The van der Waals surface area contributed by atoms with E-state index in [4.69, 9.17) is 15.9 Å². The maximum absolute atomic E-state index is 5.98. The maximum atomic E-state index is 5.98. The third-order valence-electron chi connectivity index (χ3n) is 3.84. The van der Waals surface area contributed by atoms with Crippen molar-refractivity contribution in [3.05, 3.63) is 0 Å². The second-order valence-corrected chi connectivity index (χ2v) is 5.60. The van der Waals surface area contributed by atoms with Crippen molar-refractivity contribution in [2.45, 2.75) is 89.9 Å². The van der Waals surface area contributed by atoms with Gasteiger partial charge in [0.25, 0.3) is 0 Å². The van der Waals surface area contributed by atoms with Gasteiger partial charge in [-0.2, -0.15) is 0 Å². The van der Waals surface area contributed by atoms with Gasteiger partial charge in [0.1, 0.15) is 6.61 Å². The molecule has 1 atom stereocenters. The van der Waals surface area contributed by atoms with Crippen molar-refractivity contribution in [2.24, 2.45) is 0 Å². The largest absolute Gasteiger partial charge is 0.350 e. The molecule has 0 spiro atoms. The first-order valence-corrected chi connectivity index (χ1v) is 8.03. The van der Waals surface area contributed by atoms with Crippen LogP contribution in [0.2, 0.25) is 0 Å². The van der Waals surface area contributed by atoms with E-state index in [1.54, 1.807) is 0 Å². The van der Waals surface area contributed by atoms with E-state index in [1.807, 2.05) is 6.92 Å². The van der Waals surface area contributed by atoms with E-state index in [2.05, 4.69) is 5.92 Å². The molecule has 0 aromatic heterocycles. The minimum atomic E-state index is -0.172. The highest BCUT2D eigenvalue weighted by Crippen LogP contribution is 2.19. The molecule has 1 unspecified atom stereocenters. The fraction of sp³-hybridized carbons (Fsp3) is 0.882. The Hall–Kier alpha value is -0.520. The summed E-state index contributed by atoms with van der Waals surface area (Å²) in [4.78, 5) is 0. The van der Waals surface area contributed by atoms with Gasteiger partial charge >= 0.3 is 0 Å². The van der Waals surface area contributed by atoms with Crippen molar-refractivity contribution >= 4 is 0 Å². The first-order valence-electron chi connectivity index (χ1n) is 8.03. The van der Waals surface area contributed by atoms with E-state index < -0.39 is 0 Å². The predicted molar refractivity (Wildman–Crippen MR) is 79.9 cm³/mol. The smallest absolute Gasteiger partial charge is 0.156 e. The van der Waals surface area contributed by atoms with E-state index >= 15 is 0 Å². The molecule has 1 aliphatic rings. The van der Waals surface area contributed by atoms with E-state index in [0.29, 0.717) is 12.7 Å². The Kier molecular flexibility index (Phi) is 9.85. The van der Waals surface area contributed by atoms with Crippen molar-refractivity contribution < 1.29 is 9.47 Å². The lowest BCUT2D eigenvalue weighted by Crippen LogP contribution is -2.22. The van der Waals surface area contributed by atoms with Crippen LogP contribution in [0, 0.1) is 12.3 Å². The van der Waals surface area contributed by atoms with E-state index in [-0.39, 0.29) is 6.29 Å². The standard InChI is InChI=1S/C17H30O2/c1-3-15-18-16(2)19-17-13-11-9-7-5-4-6-8-10-12-14-17/h1,16-17H,4-15H2,2H3. The van der Waals surface area contributed by atoms with Gasteiger partial charge in [-0.15, -0.1) is 6.42 Å². The summed E-state index contributed by atoms with van der Waals surface area (Å²) in [6.45, 7) is 2.29. The highest BCUT2D eigenvalue weighted by Gasteiger charge is 2.13. The molecule has 110 valence electrons. The zero-order chi connectivity index (χ0) is 13.8. The Morgan fingerprint density at radius 3 is 1.89 bits per heavy atom. The number of terminal acetylenes is 1. The zero-order valence-corrected chi connectivity index (χ0v) is 12.5. The molecular weight excluding hydrogens is 236 g/mol. The van der Waals surface area contributed by atoms with Gasteiger partial charge < -0.3 is 9.47 Å². The monoisotopic (exact) mass is 266 g/mol. The first-order chi connectivity index (χ1) is 9.33. The van der Waals surface area contributed by atoms with Gasteiger partial charge in [-0.3, -0.25) is 0 Å². The first kappa shape index (κ1) is 16.5. The molecule has 0 radical (unpaired) electrons. The molecule has 0 bridgehead atoms. The molecule has 0 saturated heterocycles. The highest BCUT2D eigenvalue weighted by atomic mass is 16.7.